The van der Waals surface area contributed by atoms with E-state index in [1.165, 1.54) is 4.68 Å². The van der Waals surface area contributed by atoms with Gasteiger partial charge in [0.25, 0.3) is 5.56 Å². The molecule has 0 aliphatic carbocycles. The highest BCUT2D eigenvalue weighted by atomic mass is 32.1. The number of nitrogens with one attached hydrogen (secondary N) is 1. The fourth-order valence-corrected chi connectivity index (χ4v) is 5.37. The first-order chi connectivity index (χ1) is 15.1. The lowest BCUT2D eigenvalue weighted by atomic mass is 10.1. The zero-order valence-electron chi connectivity index (χ0n) is 17.2. The molecular weight excluding hydrogens is 412 g/mol. The van der Waals surface area contributed by atoms with Crippen molar-refractivity contribution in [1.82, 2.24) is 34.5 Å². The molecule has 0 radical (unpaired) electrons. The highest BCUT2D eigenvalue weighted by Gasteiger charge is 2.19. The first-order valence-electron chi connectivity index (χ1n) is 10.1. The van der Waals surface area contributed by atoms with Gasteiger partial charge in [-0.2, -0.15) is 15.3 Å². The number of aryl methyl sites for hydroxylation is 2. The van der Waals surface area contributed by atoms with Crippen LogP contribution in [0.1, 0.15) is 17.0 Å². The van der Waals surface area contributed by atoms with Crippen LogP contribution in [0.25, 0.3) is 32.2 Å². The molecule has 0 saturated carbocycles. The van der Waals surface area contributed by atoms with Crippen molar-refractivity contribution in [2.75, 3.05) is 6.54 Å². The molecule has 1 N–H and O–H groups in total. The standard InChI is InChI=1S/C21H20N8OS/c1-27-18-15(19-20(27)25-17(31-19)8-14-5-6-22-26-14)10-24-29(21(18)30)11-12-3-4-16-13(7-12)9-23-28(16)2/h3-4,7,9-10,22H,5-6,8,11H2,1-2H3. The van der Waals surface area contributed by atoms with Gasteiger partial charge in [-0.05, 0) is 17.7 Å². The van der Waals surface area contributed by atoms with Crippen LogP contribution in [0.15, 0.2) is 40.5 Å². The van der Waals surface area contributed by atoms with Gasteiger partial charge >= 0.3 is 0 Å². The Labute approximate surface area is 180 Å². The maximum atomic E-state index is 13.3. The second-order valence-electron chi connectivity index (χ2n) is 7.86. The molecule has 0 unspecified atom stereocenters. The maximum Gasteiger partial charge on any atom is 0.291 e. The molecule has 0 fully saturated rings. The topological polar surface area (TPSA) is 94.9 Å². The van der Waals surface area contributed by atoms with E-state index in [4.69, 9.17) is 4.98 Å². The number of hydrazone groups is 1. The van der Waals surface area contributed by atoms with Crippen molar-refractivity contribution in [3.8, 4) is 0 Å². The fourth-order valence-electron chi connectivity index (χ4n) is 4.23. The molecule has 0 spiro atoms. The maximum absolute atomic E-state index is 13.3. The first-order valence-corrected chi connectivity index (χ1v) is 10.9. The van der Waals surface area contributed by atoms with Crippen LogP contribution in [-0.4, -0.2) is 41.4 Å². The zero-order chi connectivity index (χ0) is 21.1. The molecule has 5 aromatic rings. The van der Waals surface area contributed by atoms with Crippen LogP contribution in [0, 0.1) is 0 Å². The van der Waals surface area contributed by atoms with Crippen LogP contribution >= 0.6 is 11.3 Å². The van der Waals surface area contributed by atoms with Crippen LogP contribution in [-0.2, 0) is 27.1 Å². The van der Waals surface area contributed by atoms with E-state index in [9.17, 15) is 4.79 Å². The van der Waals surface area contributed by atoms with Gasteiger partial charge in [0, 0.05) is 50.0 Å². The number of aromatic nitrogens is 6. The van der Waals surface area contributed by atoms with Gasteiger partial charge < -0.3 is 9.99 Å². The average Bonchev–Trinajstić information content (AvgIpc) is 3.53. The minimum Gasteiger partial charge on any atom is -0.323 e. The molecule has 4 aromatic heterocycles. The summed E-state index contributed by atoms with van der Waals surface area (Å²) in [5.74, 6) is 0. The minimum atomic E-state index is -0.109. The van der Waals surface area contributed by atoms with Crippen LogP contribution < -0.4 is 11.0 Å². The molecule has 0 saturated heterocycles. The molecule has 31 heavy (non-hydrogen) atoms. The van der Waals surface area contributed by atoms with E-state index in [0.29, 0.717) is 12.1 Å². The summed E-state index contributed by atoms with van der Waals surface area (Å²) in [7, 11) is 3.82. The van der Waals surface area contributed by atoms with E-state index in [-0.39, 0.29) is 5.56 Å². The van der Waals surface area contributed by atoms with E-state index in [1.54, 1.807) is 17.5 Å². The molecule has 9 nitrogen and oxygen atoms in total. The number of benzene rings is 1. The summed E-state index contributed by atoms with van der Waals surface area (Å²) in [5.41, 5.74) is 7.55. The summed E-state index contributed by atoms with van der Waals surface area (Å²) in [6.07, 6.45) is 5.32. The normalized spacial score (nSPS) is 14.1. The Bertz CT molecular complexity index is 1570. The third kappa shape index (κ3) is 2.86. The number of fused-ring (bicyclic) bond motifs is 4. The lowest BCUT2D eigenvalue weighted by Gasteiger charge is -2.06. The van der Waals surface area contributed by atoms with Crippen molar-refractivity contribution >= 4 is 49.2 Å². The van der Waals surface area contributed by atoms with Crippen LogP contribution in [0.2, 0.25) is 0 Å². The number of nitrogens with zero attached hydrogens (tertiary/aromatic N) is 7. The van der Waals surface area contributed by atoms with Crippen molar-refractivity contribution in [3.63, 3.8) is 0 Å². The Morgan fingerprint density at radius 2 is 2.10 bits per heavy atom. The summed E-state index contributed by atoms with van der Waals surface area (Å²) < 4.78 is 6.25. The monoisotopic (exact) mass is 432 g/mol. The molecule has 0 amide bonds. The molecule has 5 heterocycles. The Morgan fingerprint density at radius 3 is 2.94 bits per heavy atom. The average molecular weight is 433 g/mol. The fraction of sp³-hybridized carbons (Fsp3) is 0.286. The second-order valence-corrected chi connectivity index (χ2v) is 8.95. The minimum absolute atomic E-state index is 0.109. The SMILES string of the molecule is Cn1ncc2cc(Cn3ncc4c5sc(CC6=NNCC6)nc5n(C)c4c3=O)ccc21. The number of thiazole rings is 1. The van der Waals surface area contributed by atoms with Gasteiger partial charge in [-0.1, -0.05) is 6.07 Å². The van der Waals surface area contributed by atoms with Crippen LogP contribution in [0.3, 0.4) is 0 Å². The Morgan fingerprint density at radius 1 is 1.19 bits per heavy atom. The Balaban J connectivity index is 1.39. The predicted octanol–water partition coefficient (Wildman–Crippen LogP) is 2.17. The van der Waals surface area contributed by atoms with Gasteiger partial charge in [0.2, 0.25) is 0 Å². The smallest absolute Gasteiger partial charge is 0.291 e. The third-order valence-electron chi connectivity index (χ3n) is 5.83. The lowest BCUT2D eigenvalue weighted by molar-refractivity contribution is 0.644. The molecule has 0 atom stereocenters. The molecule has 156 valence electrons. The lowest BCUT2D eigenvalue weighted by Crippen LogP contribution is -2.24. The van der Waals surface area contributed by atoms with E-state index >= 15 is 0 Å². The Hall–Kier alpha value is -3.53. The van der Waals surface area contributed by atoms with Crippen LogP contribution in [0.4, 0.5) is 0 Å². The molecule has 1 aromatic carbocycles. The van der Waals surface area contributed by atoms with E-state index in [0.717, 1.165) is 62.3 Å². The van der Waals surface area contributed by atoms with Gasteiger partial charge in [-0.25, -0.2) is 9.67 Å². The van der Waals surface area contributed by atoms with E-state index in [2.05, 4.69) is 26.8 Å². The van der Waals surface area contributed by atoms with Gasteiger partial charge in [-0.15, -0.1) is 11.3 Å². The summed E-state index contributed by atoms with van der Waals surface area (Å²) >= 11 is 1.62. The summed E-state index contributed by atoms with van der Waals surface area (Å²) in [6, 6.07) is 6.09. The quantitative estimate of drug-likeness (QED) is 0.470. The van der Waals surface area contributed by atoms with Gasteiger partial charge in [-0.3, -0.25) is 9.48 Å². The van der Waals surface area contributed by atoms with Gasteiger partial charge in [0.15, 0.2) is 5.65 Å². The highest BCUT2D eigenvalue weighted by molar-refractivity contribution is 7.19. The zero-order valence-corrected chi connectivity index (χ0v) is 18.0. The van der Waals surface area contributed by atoms with Crippen molar-refractivity contribution < 1.29 is 0 Å². The number of rotatable bonds is 4. The molecule has 10 heteroatoms. The van der Waals surface area contributed by atoms with Crippen molar-refractivity contribution in [1.29, 1.82) is 0 Å². The van der Waals surface area contributed by atoms with Gasteiger partial charge in [0.1, 0.15) is 10.5 Å². The third-order valence-corrected chi connectivity index (χ3v) is 6.91. The van der Waals surface area contributed by atoms with E-state index < -0.39 is 0 Å². The largest absolute Gasteiger partial charge is 0.323 e. The van der Waals surface area contributed by atoms with Crippen molar-refractivity contribution in [2.45, 2.75) is 19.4 Å². The van der Waals surface area contributed by atoms with E-state index in [1.807, 2.05) is 41.7 Å². The van der Waals surface area contributed by atoms with Crippen molar-refractivity contribution in [3.05, 3.63) is 51.5 Å². The molecular formula is C21H20N8OS. The highest BCUT2D eigenvalue weighted by Crippen LogP contribution is 2.31. The van der Waals surface area contributed by atoms with Crippen molar-refractivity contribution in [2.24, 2.45) is 19.2 Å². The summed E-state index contributed by atoms with van der Waals surface area (Å²) in [6.45, 7) is 1.30. The molecule has 1 aliphatic heterocycles. The van der Waals surface area contributed by atoms with Crippen LogP contribution in [0.5, 0.6) is 0 Å². The second kappa shape index (κ2) is 6.74. The molecule has 1 aliphatic rings. The first kappa shape index (κ1) is 18.3. The predicted molar refractivity (Wildman–Crippen MR) is 122 cm³/mol. The summed E-state index contributed by atoms with van der Waals surface area (Å²) in [5, 5.41) is 16.0. The Kier molecular flexibility index (Phi) is 3.97. The molecule has 6 rings (SSSR count). The number of hydrogen-bond donors (Lipinski definition) is 1. The number of hydrogen-bond acceptors (Lipinski definition) is 7. The van der Waals surface area contributed by atoms with Gasteiger partial charge in [0.05, 0.1) is 29.2 Å². The summed E-state index contributed by atoms with van der Waals surface area (Å²) in [4.78, 5) is 18.1. The molecule has 0 bridgehead atoms.